The number of nitrogens with zero attached hydrogens (tertiary/aromatic N) is 2. The Labute approximate surface area is 156 Å². The molecule has 1 aliphatic rings. The number of nitrogens with two attached hydrogens (primary N) is 1. The number of hydrogen-bond donors (Lipinski definition) is 2. The predicted octanol–water partition coefficient (Wildman–Crippen LogP) is 0.898. The molecule has 27 heavy (non-hydrogen) atoms. The number of pyridine rings is 1. The van der Waals surface area contributed by atoms with Gasteiger partial charge >= 0.3 is 5.97 Å². The van der Waals surface area contributed by atoms with E-state index in [1.54, 1.807) is 12.3 Å². The molecule has 3 N–H and O–H groups in total. The Morgan fingerprint density at radius 1 is 1.33 bits per heavy atom. The van der Waals surface area contributed by atoms with Gasteiger partial charge in [-0.1, -0.05) is 6.07 Å². The Balaban J connectivity index is 1.85. The molecule has 1 amide bonds. The highest BCUT2D eigenvalue weighted by Gasteiger charge is 2.25. The number of ether oxygens (including phenoxy) is 2. The van der Waals surface area contributed by atoms with E-state index >= 15 is 0 Å². The highest BCUT2D eigenvalue weighted by molar-refractivity contribution is 5.79. The van der Waals surface area contributed by atoms with Crippen molar-refractivity contribution < 1.29 is 24.2 Å². The quantitative estimate of drug-likeness (QED) is 0.743. The summed E-state index contributed by atoms with van der Waals surface area (Å²) in [6, 6.07) is 11.1. The molecular weight excluding hydrogens is 350 g/mol. The first-order valence-electron chi connectivity index (χ1n) is 8.55. The van der Waals surface area contributed by atoms with Crippen molar-refractivity contribution >= 4 is 11.9 Å². The summed E-state index contributed by atoms with van der Waals surface area (Å²) in [5.41, 5.74) is 7.86. The Kier molecular flexibility index (Phi) is 6.00. The van der Waals surface area contributed by atoms with Gasteiger partial charge in [-0.25, -0.2) is 4.79 Å². The molecular formula is C19H21N3O5. The Bertz CT molecular complexity index is 812. The van der Waals surface area contributed by atoms with Gasteiger partial charge in [0.25, 0.3) is 0 Å². The number of rotatable bonds is 7. The highest BCUT2D eigenvalue weighted by atomic mass is 16.5. The van der Waals surface area contributed by atoms with Gasteiger partial charge < -0.3 is 20.3 Å². The molecule has 8 nitrogen and oxygen atoms in total. The largest absolute Gasteiger partial charge is 0.482 e. The van der Waals surface area contributed by atoms with E-state index in [9.17, 15) is 9.59 Å². The van der Waals surface area contributed by atoms with Crippen LogP contribution in [0.5, 0.6) is 5.75 Å². The molecule has 3 rings (SSSR count). The molecule has 0 radical (unpaired) electrons. The molecule has 1 aliphatic heterocycles. The second-order valence-corrected chi connectivity index (χ2v) is 6.22. The van der Waals surface area contributed by atoms with Crippen molar-refractivity contribution in [2.24, 2.45) is 5.73 Å². The lowest BCUT2D eigenvalue weighted by Crippen LogP contribution is -2.47. The van der Waals surface area contributed by atoms with Crippen molar-refractivity contribution in [1.29, 1.82) is 0 Å². The van der Waals surface area contributed by atoms with Crippen LogP contribution in [0.4, 0.5) is 0 Å². The molecule has 1 aromatic heterocycles. The van der Waals surface area contributed by atoms with E-state index in [1.165, 1.54) is 0 Å². The molecule has 2 aromatic rings. The van der Waals surface area contributed by atoms with Gasteiger partial charge in [0.1, 0.15) is 11.9 Å². The maximum atomic E-state index is 11.4. The first-order valence-corrected chi connectivity index (χ1v) is 8.55. The van der Waals surface area contributed by atoms with Crippen LogP contribution in [0.1, 0.15) is 5.56 Å². The summed E-state index contributed by atoms with van der Waals surface area (Å²) < 4.78 is 10.8. The van der Waals surface area contributed by atoms with Gasteiger partial charge in [-0.05, 0) is 30.3 Å². The summed E-state index contributed by atoms with van der Waals surface area (Å²) in [7, 11) is 0. The van der Waals surface area contributed by atoms with Gasteiger partial charge in [0, 0.05) is 37.0 Å². The van der Waals surface area contributed by atoms with Crippen LogP contribution in [0.3, 0.4) is 0 Å². The highest BCUT2D eigenvalue weighted by Crippen LogP contribution is 2.27. The van der Waals surface area contributed by atoms with Gasteiger partial charge in [-0.3, -0.25) is 14.7 Å². The summed E-state index contributed by atoms with van der Waals surface area (Å²) in [6.45, 7) is 1.46. The molecule has 1 aromatic carbocycles. The van der Waals surface area contributed by atoms with Crippen LogP contribution >= 0.6 is 0 Å². The fourth-order valence-corrected chi connectivity index (χ4v) is 2.94. The summed E-state index contributed by atoms with van der Waals surface area (Å²) in [4.78, 5) is 28.7. The second kappa shape index (κ2) is 8.61. The third-order valence-electron chi connectivity index (χ3n) is 4.23. The third kappa shape index (κ3) is 5.02. The molecule has 1 saturated heterocycles. The van der Waals surface area contributed by atoms with Gasteiger partial charge in [0.2, 0.25) is 5.91 Å². The van der Waals surface area contributed by atoms with E-state index in [2.05, 4.69) is 4.98 Å². The number of hydrogen-bond acceptors (Lipinski definition) is 6. The lowest BCUT2D eigenvalue weighted by atomic mass is 10.1. The Morgan fingerprint density at radius 2 is 2.19 bits per heavy atom. The SMILES string of the molecule is NC(=O)C1CN(Cc2cc(-c3ccccn3)ccc2OCC(=O)O)CCO1. The number of primary amides is 1. The van der Waals surface area contributed by atoms with Crippen LogP contribution < -0.4 is 10.5 Å². The van der Waals surface area contributed by atoms with E-state index in [1.807, 2.05) is 35.2 Å². The van der Waals surface area contributed by atoms with Gasteiger partial charge in [-0.2, -0.15) is 0 Å². The van der Waals surface area contributed by atoms with Gasteiger partial charge in [-0.15, -0.1) is 0 Å². The first-order chi connectivity index (χ1) is 13.0. The molecule has 1 unspecified atom stereocenters. The van der Waals surface area contributed by atoms with Crippen LogP contribution in [0, 0.1) is 0 Å². The zero-order chi connectivity index (χ0) is 19.2. The minimum atomic E-state index is -1.05. The molecule has 1 fully saturated rings. The van der Waals surface area contributed by atoms with Crippen LogP contribution in [-0.2, 0) is 20.9 Å². The second-order valence-electron chi connectivity index (χ2n) is 6.22. The number of carbonyl (C=O) groups excluding carboxylic acids is 1. The molecule has 8 heteroatoms. The number of morpholine rings is 1. The average molecular weight is 371 g/mol. The zero-order valence-corrected chi connectivity index (χ0v) is 14.7. The van der Waals surface area contributed by atoms with Crippen molar-refractivity contribution in [3.05, 3.63) is 48.2 Å². The zero-order valence-electron chi connectivity index (χ0n) is 14.7. The summed E-state index contributed by atoms with van der Waals surface area (Å²) in [5, 5.41) is 8.90. The number of carbonyl (C=O) groups is 2. The van der Waals surface area contributed by atoms with Gasteiger partial charge in [0.15, 0.2) is 6.61 Å². The lowest BCUT2D eigenvalue weighted by Gasteiger charge is -2.31. The Morgan fingerprint density at radius 3 is 2.89 bits per heavy atom. The fraction of sp³-hybridized carbons (Fsp3) is 0.316. The molecule has 0 bridgehead atoms. The van der Waals surface area contributed by atoms with Crippen LogP contribution in [-0.4, -0.2) is 59.3 Å². The van der Waals surface area contributed by atoms with E-state index in [0.717, 1.165) is 16.8 Å². The molecule has 1 atom stereocenters. The average Bonchev–Trinajstić information content (AvgIpc) is 2.67. The predicted molar refractivity (Wildman–Crippen MR) is 97.0 cm³/mol. The standard InChI is InChI=1S/C19H21N3O5/c20-19(25)17-11-22(7-8-26-17)10-14-9-13(15-3-1-2-6-21-15)4-5-16(14)27-12-18(23)24/h1-6,9,17H,7-8,10-12H2,(H2,20,25)(H,23,24). The van der Waals surface area contributed by atoms with E-state index < -0.39 is 24.6 Å². The van der Waals surface area contributed by atoms with Crippen molar-refractivity contribution in [2.45, 2.75) is 12.6 Å². The lowest BCUT2D eigenvalue weighted by molar-refractivity contribution is -0.139. The monoisotopic (exact) mass is 371 g/mol. The molecule has 2 heterocycles. The summed E-state index contributed by atoms with van der Waals surface area (Å²) >= 11 is 0. The van der Waals surface area contributed by atoms with Crippen molar-refractivity contribution in [2.75, 3.05) is 26.3 Å². The minimum Gasteiger partial charge on any atom is -0.482 e. The van der Waals surface area contributed by atoms with E-state index in [4.69, 9.17) is 20.3 Å². The van der Waals surface area contributed by atoms with E-state index in [0.29, 0.717) is 32.0 Å². The molecule has 0 aliphatic carbocycles. The molecule has 142 valence electrons. The molecule has 0 spiro atoms. The third-order valence-corrected chi connectivity index (χ3v) is 4.23. The smallest absolute Gasteiger partial charge is 0.341 e. The Hall–Kier alpha value is -2.97. The van der Waals surface area contributed by atoms with Crippen molar-refractivity contribution in [3.63, 3.8) is 0 Å². The van der Waals surface area contributed by atoms with Crippen molar-refractivity contribution in [1.82, 2.24) is 9.88 Å². The number of benzene rings is 1. The van der Waals surface area contributed by atoms with Crippen LogP contribution in [0.15, 0.2) is 42.6 Å². The van der Waals surface area contributed by atoms with Crippen molar-refractivity contribution in [3.8, 4) is 17.0 Å². The summed E-state index contributed by atoms with van der Waals surface area (Å²) in [5.74, 6) is -1.06. The van der Waals surface area contributed by atoms with E-state index in [-0.39, 0.29) is 0 Å². The summed E-state index contributed by atoms with van der Waals surface area (Å²) in [6.07, 6.45) is 1.06. The molecule has 0 saturated carbocycles. The number of amides is 1. The number of carboxylic acid groups (broad SMARTS) is 1. The fourth-order valence-electron chi connectivity index (χ4n) is 2.94. The topological polar surface area (TPSA) is 115 Å². The first kappa shape index (κ1) is 18.8. The number of aliphatic carboxylic acids is 1. The normalized spacial score (nSPS) is 17.4. The number of aromatic nitrogens is 1. The maximum absolute atomic E-state index is 11.4. The van der Waals surface area contributed by atoms with Gasteiger partial charge in [0.05, 0.1) is 12.3 Å². The minimum absolute atomic E-state index is 0.377. The maximum Gasteiger partial charge on any atom is 0.341 e. The van der Waals surface area contributed by atoms with Crippen LogP contribution in [0.25, 0.3) is 11.3 Å². The van der Waals surface area contributed by atoms with Crippen LogP contribution in [0.2, 0.25) is 0 Å². The number of carboxylic acids is 1.